The molecule has 8 heteroatoms. The molecule has 1 aliphatic heterocycles. The van der Waals surface area contributed by atoms with Gasteiger partial charge in [0.05, 0.1) is 5.56 Å². The lowest BCUT2D eigenvalue weighted by atomic mass is 9.64. The number of Topliss-reactive ketones (excluding diaryl/α,β-unsaturated/α-hetero) is 1. The van der Waals surface area contributed by atoms with E-state index in [0.29, 0.717) is 30.6 Å². The van der Waals surface area contributed by atoms with Crippen molar-refractivity contribution in [2.75, 3.05) is 6.54 Å². The molecule has 2 aromatic carbocycles. The molecule has 0 saturated carbocycles. The van der Waals surface area contributed by atoms with Crippen LogP contribution in [0.25, 0.3) is 10.9 Å². The number of nitrogens with two attached hydrogens (primary N) is 1. The maximum Gasteiger partial charge on any atom is 0.526 e. The van der Waals surface area contributed by atoms with Crippen molar-refractivity contribution in [3.63, 3.8) is 0 Å². The average Bonchev–Trinajstić information content (AvgIpc) is 3.11. The number of carboxylic acid groups (broad SMARTS) is 1. The molecule has 2 heterocycles. The number of aromatic carboxylic acids is 1. The largest absolute Gasteiger partial charge is 0.535 e. The average molecular weight is 392 g/mol. The molecule has 0 radical (unpaired) electrons. The first kappa shape index (κ1) is 19.2. The number of carboxylic acids is 1. The van der Waals surface area contributed by atoms with Gasteiger partial charge in [-0.2, -0.15) is 0 Å². The van der Waals surface area contributed by atoms with Crippen molar-refractivity contribution in [1.29, 1.82) is 0 Å². The van der Waals surface area contributed by atoms with Gasteiger partial charge in [0.1, 0.15) is 5.75 Å². The molecule has 0 amide bonds. The van der Waals surface area contributed by atoms with Crippen LogP contribution in [0.2, 0.25) is 5.82 Å². The van der Waals surface area contributed by atoms with Crippen molar-refractivity contribution in [1.82, 2.24) is 4.57 Å². The molecule has 0 bridgehead atoms. The van der Waals surface area contributed by atoms with Crippen molar-refractivity contribution in [2.24, 2.45) is 5.73 Å². The highest BCUT2D eigenvalue weighted by molar-refractivity contribution is 6.47. The topological polar surface area (TPSA) is 115 Å². The van der Waals surface area contributed by atoms with Crippen LogP contribution in [-0.4, -0.2) is 40.1 Å². The van der Waals surface area contributed by atoms with E-state index < -0.39 is 18.9 Å². The Labute approximate surface area is 167 Å². The monoisotopic (exact) mass is 392 g/mol. The van der Waals surface area contributed by atoms with E-state index in [2.05, 4.69) is 0 Å². The number of rotatable bonds is 6. The van der Waals surface area contributed by atoms with Gasteiger partial charge in [0.2, 0.25) is 0 Å². The Morgan fingerprint density at radius 3 is 2.69 bits per heavy atom. The fraction of sp³-hybridized carbons (Fsp3) is 0.238. The predicted octanol–water partition coefficient (Wildman–Crippen LogP) is 2.36. The Bertz CT molecular complexity index is 1090. The van der Waals surface area contributed by atoms with Gasteiger partial charge in [-0.3, -0.25) is 4.79 Å². The zero-order chi connectivity index (χ0) is 20.5. The number of fused-ring (bicyclic) bond motifs is 2. The third kappa shape index (κ3) is 3.52. The summed E-state index contributed by atoms with van der Waals surface area (Å²) in [5.74, 6) is -1.48. The molecule has 1 aromatic heterocycles. The number of carbonyl (C=O) groups excluding carboxylic acids is 1. The summed E-state index contributed by atoms with van der Waals surface area (Å²) in [6.45, 7) is 1.17. The smallest absolute Gasteiger partial charge is 0.526 e. The van der Waals surface area contributed by atoms with Gasteiger partial charge < -0.3 is 25.1 Å². The van der Waals surface area contributed by atoms with Gasteiger partial charge >= 0.3 is 13.1 Å². The van der Waals surface area contributed by atoms with Crippen LogP contribution in [0.15, 0.2) is 48.7 Å². The molecule has 4 N–H and O–H groups in total. The molecule has 0 unspecified atom stereocenters. The molecule has 0 spiro atoms. The molecule has 0 fully saturated rings. The van der Waals surface area contributed by atoms with Gasteiger partial charge in [0.25, 0.3) is 0 Å². The van der Waals surface area contributed by atoms with Crippen LogP contribution in [0.4, 0.5) is 0 Å². The Hall–Kier alpha value is -3.10. The molecule has 4 rings (SSSR count). The highest BCUT2D eigenvalue weighted by atomic mass is 16.5. The maximum absolute atomic E-state index is 13.0. The molecule has 0 aliphatic carbocycles. The van der Waals surface area contributed by atoms with Gasteiger partial charge in [-0.15, -0.1) is 0 Å². The van der Waals surface area contributed by atoms with Crippen molar-refractivity contribution in [3.8, 4) is 5.75 Å². The summed E-state index contributed by atoms with van der Waals surface area (Å²) in [6, 6.07) is 12.3. The maximum atomic E-state index is 13.0. The molecular weight excluding hydrogens is 371 g/mol. The number of para-hydroxylation sites is 1. The number of carbonyl (C=O) groups is 2. The SMILES string of the molecule is NCCn1ccc2c(C(=O)C[C@H]3Cc4cccc(C(=O)O)c4OB3O)cccc21. The van der Waals surface area contributed by atoms with Gasteiger partial charge in [-0.25, -0.2) is 4.79 Å². The van der Waals surface area contributed by atoms with Crippen LogP contribution in [0.1, 0.15) is 32.7 Å². The minimum Gasteiger partial charge on any atom is -0.535 e. The Balaban J connectivity index is 1.59. The van der Waals surface area contributed by atoms with E-state index in [1.807, 2.05) is 29.0 Å². The first-order valence-electron chi connectivity index (χ1n) is 9.50. The molecule has 1 atom stereocenters. The number of ketones is 1. The third-order valence-electron chi connectivity index (χ3n) is 5.38. The minimum atomic E-state index is -1.24. The minimum absolute atomic E-state index is 0.0114. The van der Waals surface area contributed by atoms with Crippen molar-refractivity contribution >= 4 is 29.8 Å². The lowest BCUT2D eigenvalue weighted by Gasteiger charge is -2.28. The predicted molar refractivity (Wildman–Crippen MR) is 109 cm³/mol. The summed E-state index contributed by atoms with van der Waals surface area (Å²) < 4.78 is 7.51. The quantitative estimate of drug-likeness (QED) is 0.438. The van der Waals surface area contributed by atoms with E-state index in [-0.39, 0.29) is 23.5 Å². The zero-order valence-corrected chi connectivity index (χ0v) is 15.7. The molecule has 7 nitrogen and oxygen atoms in total. The van der Waals surface area contributed by atoms with Crippen LogP contribution >= 0.6 is 0 Å². The molecule has 3 aromatic rings. The summed E-state index contributed by atoms with van der Waals surface area (Å²) in [6.07, 6.45) is 2.38. The van der Waals surface area contributed by atoms with Crippen molar-refractivity contribution < 1.29 is 24.4 Å². The van der Waals surface area contributed by atoms with Crippen LogP contribution < -0.4 is 10.4 Å². The van der Waals surface area contributed by atoms with E-state index in [0.717, 1.165) is 10.9 Å². The Morgan fingerprint density at radius 2 is 1.93 bits per heavy atom. The number of hydrogen-bond acceptors (Lipinski definition) is 5. The fourth-order valence-electron chi connectivity index (χ4n) is 3.98. The van der Waals surface area contributed by atoms with Gasteiger partial charge in [-0.05, 0) is 30.2 Å². The van der Waals surface area contributed by atoms with Crippen LogP contribution in [-0.2, 0) is 13.0 Å². The summed E-state index contributed by atoms with van der Waals surface area (Å²) >= 11 is 0. The van der Waals surface area contributed by atoms with E-state index >= 15 is 0 Å². The lowest BCUT2D eigenvalue weighted by molar-refractivity contribution is 0.0693. The molecule has 148 valence electrons. The first-order valence-corrected chi connectivity index (χ1v) is 9.50. The van der Waals surface area contributed by atoms with Gasteiger partial charge in [-0.1, -0.05) is 24.3 Å². The van der Waals surface area contributed by atoms with Crippen LogP contribution in [0, 0.1) is 0 Å². The Morgan fingerprint density at radius 1 is 1.17 bits per heavy atom. The lowest BCUT2D eigenvalue weighted by Crippen LogP contribution is -2.35. The summed E-state index contributed by atoms with van der Waals surface area (Å²) in [5.41, 5.74) is 7.88. The second-order valence-electron chi connectivity index (χ2n) is 7.24. The van der Waals surface area contributed by atoms with Crippen molar-refractivity contribution in [3.05, 3.63) is 65.4 Å². The second kappa shape index (κ2) is 7.73. The van der Waals surface area contributed by atoms with E-state index in [4.69, 9.17) is 10.4 Å². The highest BCUT2D eigenvalue weighted by Gasteiger charge is 2.38. The number of aromatic nitrogens is 1. The standard InChI is InChI=1S/C21H21BN2O5/c23-8-10-24-9-7-15-16(4-2-6-18(15)24)19(25)12-14-11-13-3-1-5-17(21(26)27)20(13)29-22(14)28/h1-7,9,14,28H,8,10-12,23H2,(H,26,27)/t14-/m1/s1. The van der Waals surface area contributed by atoms with E-state index in [1.54, 1.807) is 18.2 Å². The molecule has 29 heavy (non-hydrogen) atoms. The van der Waals surface area contributed by atoms with Gasteiger partial charge in [0.15, 0.2) is 5.78 Å². The van der Waals surface area contributed by atoms with E-state index in [9.17, 15) is 19.7 Å². The number of benzene rings is 2. The van der Waals surface area contributed by atoms with E-state index in [1.165, 1.54) is 6.07 Å². The van der Waals surface area contributed by atoms with Crippen LogP contribution in [0.5, 0.6) is 5.75 Å². The molecule has 1 aliphatic rings. The molecular formula is C21H21BN2O5. The zero-order valence-electron chi connectivity index (χ0n) is 15.7. The second-order valence-corrected chi connectivity index (χ2v) is 7.24. The molecule has 0 saturated heterocycles. The number of hydrogen-bond donors (Lipinski definition) is 3. The summed E-state index contributed by atoms with van der Waals surface area (Å²) in [7, 11) is -1.24. The van der Waals surface area contributed by atoms with Gasteiger partial charge in [0, 0.05) is 48.0 Å². The normalized spacial score (nSPS) is 15.8. The number of nitrogens with zero attached hydrogens (tertiary/aromatic N) is 1. The summed E-state index contributed by atoms with van der Waals surface area (Å²) in [5, 5.41) is 20.6. The summed E-state index contributed by atoms with van der Waals surface area (Å²) in [4.78, 5) is 24.4. The Kier molecular flexibility index (Phi) is 5.13. The van der Waals surface area contributed by atoms with Crippen molar-refractivity contribution in [2.45, 2.75) is 25.2 Å². The highest BCUT2D eigenvalue weighted by Crippen LogP contribution is 2.37. The first-order chi connectivity index (χ1) is 14.0. The van der Waals surface area contributed by atoms with Crippen LogP contribution in [0.3, 0.4) is 0 Å². The fourth-order valence-corrected chi connectivity index (χ4v) is 3.98. The third-order valence-corrected chi connectivity index (χ3v) is 5.38.